The molecule has 0 aromatic heterocycles. The number of rotatable bonds is 2. The summed E-state index contributed by atoms with van der Waals surface area (Å²) in [5.41, 5.74) is 4.28. The fourth-order valence-electron chi connectivity index (χ4n) is 2.03. The molecule has 0 aliphatic heterocycles. The fourth-order valence-corrected chi connectivity index (χ4v) is 2.55. The van der Waals surface area contributed by atoms with Gasteiger partial charge in [0.05, 0.1) is 0 Å². The van der Waals surface area contributed by atoms with Crippen LogP contribution in [0.2, 0.25) is 0 Å². The third kappa shape index (κ3) is 3.40. The molecule has 0 heterocycles. The summed E-state index contributed by atoms with van der Waals surface area (Å²) in [6.07, 6.45) is 1.01. The van der Waals surface area contributed by atoms with Crippen LogP contribution in [0, 0.1) is 0 Å². The maximum absolute atomic E-state index is 5.63. The Kier molecular flexibility index (Phi) is 4.74. The van der Waals surface area contributed by atoms with E-state index in [1.807, 2.05) is 23.0 Å². The summed E-state index contributed by atoms with van der Waals surface area (Å²) in [4.78, 5) is 0. The van der Waals surface area contributed by atoms with Crippen molar-refractivity contribution in [1.82, 2.24) is 0 Å². The third-order valence-corrected chi connectivity index (χ3v) is 3.74. The van der Waals surface area contributed by atoms with E-state index in [1.165, 1.54) is 16.7 Å². The zero-order valence-electron chi connectivity index (χ0n) is 12.6. The van der Waals surface area contributed by atoms with Gasteiger partial charge >= 0.3 is 0 Å². The van der Waals surface area contributed by atoms with Gasteiger partial charge in [0, 0.05) is 5.56 Å². The summed E-state index contributed by atoms with van der Waals surface area (Å²) in [5, 5.41) is 0. The summed E-state index contributed by atoms with van der Waals surface area (Å²) in [7, 11) is 0. The Morgan fingerprint density at radius 3 is 1.89 bits per heavy atom. The Balaban J connectivity index is 3.57. The molecule has 18 heavy (non-hydrogen) atoms. The van der Waals surface area contributed by atoms with Crippen LogP contribution < -0.4 is 3.07 Å². The molecule has 1 nitrogen and oxygen atoms in total. The monoisotopic (exact) mass is 360 g/mol. The normalized spacial score (nSPS) is 12.7. The van der Waals surface area contributed by atoms with E-state index in [-0.39, 0.29) is 10.8 Å². The minimum Gasteiger partial charge on any atom is -0.427 e. The maximum atomic E-state index is 5.63. The second-order valence-electron chi connectivity index (χ2n) is 6.94. The molecular weight excluding hydrogens is 335 g/mol. The largest absolute Gasteiger partial charge is 0.427 e. The average Bonchev–Trinajstić information content (AvgIpc) is 2.24. The summed E-state index contributed by atoms with van der Waals surface area (Å²) >= 11 is 2.00. The molecule has 2 heteroatoms. The first-order chi connectivity index (χ1) is 8.11. The van der Waals surface area contributed by atoms with Crippen molar-refractivity contribution < 1.29 is 3.07 Å². The van der Waals surface area contributed by atoms with Crippen LogP contribution in [0.4, 0.5) is 0 Å². The molecule has 0 bridgehead atoms. The van der Waals surface area contributed by atoms with Gasteiger partial charge < -0.3 is 3.07 Å². The van der Waals surface area contributed by atoms with Crippen LogP contribution >= 0.6 is 23.0 Å². The van der Waals surface area contributed by atoms with Crippen molar-refractivity contribution in [1.29, 1.82) is 0 Å². The minimum absolute atomic E-state index is 0.103. The van der Waals surface area contributed by atoms with Crippen molar-refractivity contribution >= 4 is 23.0 Å². The van der Waals surface area contributed by atoms with Crippen LogP contribution in [-0.4, -0.2) is 0 Å². The Hall–Kier alpha value is -0.250. The predicted octanol–water partition coefficient (Wildman–Crippen LogP) is 5.57. The van der Waals surface area contributed by atoms with Gasteiger partial charge in [-0.25, -0.2) is 0 Å². The Labute approximate surface area is 126 Å². The van der Waals surface area contributed by atoms with Crippen molar-refractivity contribution in [3.63, 3.8) is 0 Å². The maximum Gasteiger partial charge on any atom is 0.192 e. The fraction of sp³-hybridized carbons (Fsp3) is 0.625. The second-order valence-corrected chi connectivity index (χ2v) is 7.38. The molecule has 0 atom stereocenters. The van der Waals surface area contributed by atoms with Crippen molar-refractivity contribution in [3.8, 4) is 5.75 Å². The van der Waals surface area contributed by atoms with E-state index in [9.17, 15) is 0 Å². The van der Waals surface area contributed by atoms with Crippen molar-refractivity contribution in [2.75, 3.05) is 0 Å². The molecule has 1 aromatic rings. The lowest BCUT2D eigenvalue weighted by Gasteiger charge is -2.28. The van der Waals surface area contributed by atoms with Crippen molar-refractivity contribution in [3.05, 3.63) is 28.8 Å². The first-order valence-corrected chi connectivity index (χ1v) is 7.45. The van der Waals surface area contributed by atoms with Crippen LogP contribution in [-0.2, 0) is 17.3 Å². The lowest BCUT2D eigenvalue weighted by molar-refractivity contribution is 0.544. The molecule has 1 aromatic carbocycles. The predicted molar refractivity (Wildman–Crippen MR) is 87.9 cm³/mol. The van der Waals surface area contributed by atoms with E-state index >= 15 is 0 Å². The van der Waals surface area contributed by atoms with Crippen molar-refractivity contribution in [2.24, 2.45) is 0 Å². The molecule has 0 saturated heterocycles. The molecule has 1 rings (SSSR count). The summed E-state index contributed by atoms with van der Waals surface area (Å²) in [6.45, 7) is 15.7. The summed E-state index contributed by atoms with van der Waals surface area (Å²) in [6, 6.07) is 4.61. The number of halogens is 1. The number of aryl methyl sites for hydroxylation is 1. The first kappa shape index (κ1) is 15.8. The topological polar surface area (TPSA) is 9.23 Å². The van der Waals surface area contributed by atoms with E-state index in [2.05, 4.69) is 60.6 Å². The molecule has 0 fully saturated rings. The van der Waals surface area contributed by atoms with Crippen LogP contribution in [0.15, 0.2) is 12.1 Å². The average molecular weight is 360 g/mol. The van der Waals surface area contributed by atoms with E-state index in [0.717, 1.165) is 12.2 Å². The molecule has 0 aliphatic carbocycles. The lowest BCUT2D eigenvalue weighted by atomic mass is 9.78. The number of hydrogen-bond donors (Lipinski definition) is 0. The third-order valence-electron chi connectivity index (χ3n) is 3.30. The highest BCUT2D eigenvalue weighted by molar-refractivity contribution is 14.1. The van der Waals surface area contributed by atoms with Crippen LogP contribution in [0.5, 0.6) is 5.75 Å². The quantitative estimate of drug-likeness (QED) is 0.627. The molecule has 0 amide bonds. The number of benzene rings is 1. The lowest BCUT2D eigenvalue weighted by Crippen LogP contribution is -2.18. The van der Waals surface area contributed by atoms with Gasteiger partial charge in [0.1, 0.15) is 5.75 Å². The molecule has 102 valence electrons. The standard InChI is InChI=1S/C16H25IO/c1-8-11-9-12(15(2,3)4)10-13(14(11)18-17)16(5,6)7/h9-10H,8H2,1-7H3. The van der Waals surface area contributed by atoms with Gasteiger partial charge in [-0.1, -0.05) is 60.6 Å². The molecule has 0 unspecified atom stereocenters. The summed E-state index contributed by atoms with van der Waals surface area (Å²) in [5.74, 6) is 1.05. The van der Waals surface area contributed by atoms with E-state index in [1.54, 1.807) is 0 Å². The first-order valence-electron chi connectivity index (χ1n) is 6.57. The smallest absolute Gasteiger partial charge is 0.192 e. The van der Waals surface area contributed by atoms with Gasteiger partial charge in [0.2, 0.25) is 0 Å². The molecule has 0 saturated carbocycles. The highest BCUT2D eigenvalue weighted by Gasteiger charge is 2.25. The van der Waals surface area contributed by atoms with Crippen LogP contribution in [0.25, 0.3) is 0 Å². The molecule has 0 N–H and O–H groups in total. The highest BCUT2D eigenvalue weighted by atomic mass is 127. The second kappa shape index (κ2) is 5.40. The summed E-state index contributed by atoms with van der Waals surface area (Å²) < 4.78 is 5.63. The van der Waals surface area contributed by atoms with E-state index in [0.29, 0.717) is 0 Å². The van der Waals surface area contributed by atoms with Gasteiger partial charge in [0.15, 0.2) is 23.0 Å². The zero-order valence-corrected chi connectivity index (χ0v) is 14.8. The van der Waals surface area contributed by atoms with Gasteiger partial charge in [0.25, 0.3) is 0 Å². The SMILES string of the molecule is CCc1cc(C(C)(C)C)cc(C(C)(C)C)c1OI. The van der Waals surface area contributed by atoms with Crippen LogP contribution in [0.3, 0.4) is 0 Å². The van der Waals surface area contributed by atoms with Gasteiger partial charge in [-0.3, -0.25) is 0 Å². The molecule has 0 radical (unpaired) electrons. The zero-order chi connectivity index (χ0) is 14.1. The van der Waals surface area contributed by atoms with Gasteiger partial charge in [-0.05, 0) is 28.4 Å². The van der Waals surface area contributed by atoms with Gasteiger partial charge in [-0.15, -0.1) is 0 Å². The minimum atomic E-state index is 0.103. The van der Waals surface area contributed by atoms with E-state index < -0.39 is 0 Å². The molecular formula is C16H25IO. The Bertz CT molecular complexity index is 422. The van der Waals surface area contributed by atoms with Gasteiger partial charge in [-0.2, -0.15) is 0 Å². The highest BCUT2D eigenvalue weighted by Crippen LogP contribution is 2.39. The Morgan fingerprint density at radius 2 is 1.56 bits per heavy atom. The molecule has 0 aliphatic rings. The van der Waals surface area contributed by atoms with Crippen LogP contribution in [0.1, 0.15) is 65.2 Å². The Morgan fingerprint density at radius 1 is 1.00 bits per heavy atom. The number of hydrogen-bond acceptors (Lipinski definition) is 1. The van der Waals surface area contributed by atoms with E-state index in [4.69, 9.17) is 3.07 Å². The molecule has 0 spiro atoms. The van der Waals surface area contributed by atoms with Crippen molar-refractivity contribution in [2.45, 2.75) is 65.7 Å².